The first kappa shape index (κ1) is 15.2. The van der Waals surface area contributed by atoms with Crippen molar-refractivity contribution in [2.45, 2.75) is 12.5 Å². The Kier molecular flexibility index (Phi) is 3.81. The van der Waals surface area contributed by atoms with Gasteiger partial charge in [-0.1, -0.05) is 0 Å². The van der Waals surface area contributed by atoms with Gasteiger partial charge in [0.2, 0.25) is 5.95 Å². The highest BCUT2D eigenvalue weighted by molar-refractivity contribution is 5.86. The average Bonchev–Trinajstić information content (AvgIpc) is 3.13. The van der Waals surface area contributed by atoms with Crippen LogP contribution in [-0.4, -0.2) is 37.8 Å². The van der Waals surface area contributed by atoms with Gasteiger partial charge in [0.25, 0.3) is 5.95 Å². The molecule has 9 heteroatoms. The van der Waals surface area contributed by atoms with Crippen molar-refractivity contribution in [3.63, 3.8) is 0 Å². The first-order valence-electron chi connectivity index (χ1n) is 7.63. The zero-order chi connectivity index (χ0) is 17.2. The minimum absolute atomic E-state index is 0.243. The highest BCUT2D eigenvalue weighted by Crippen LogP contribution is 2.28. The summed E-state index contributed by atoms with van der Waals surface area (Å²) in [5.41, 5.74) is 1.47. The quantitative estimate of drug-likeness (QED) is 0.736. The van der Waals surface area contributed by atoms with Crippen LogP contribution in [0.3, 0.4) is 0 Å². The van der Waals surface area contributed by atoms with Gasteiger partial charge in [-0.15, -0.1) is 5.10 Å². The van der Waals surface area contributed by atoms with Gasteiger partial charge in [0.15, 0.2) is 5.82 Å². The van der Waals surface area contributed by atoms with Gasteiger partial charge in [-0.2, -0.15) is 9.37 Å². The lowest BCUT2D eigenvalue weighted by molar-refractivity contribution is 0.0834. The Hall–Kier alpha value is -3.36. The van der Waals surface area contributed by atoms with E-state index < -0.39 is 18.1 Å². The number of amides is 1. The maximum atomic E-state index is 12.9. The van der Waals surface area contributed by atoms with E-state index in [1.807, 2.05) is 0 Å². The van der Waals surface area contributed by atoms with Gasteiger partial charge in [-0.05, 0) is 24.3 Å². The molecule has 0 aliphatic carbocycles. The summed E-state index contributed by atoms with van der Waals surface area (Å²) in [7, 11) is 0. The van der Waals surface area contributed by atoms with Crippen LogP contribution in [0.1, 0.15) is 18.1 Å². The molecular formula is C16H13FN6O2. The Bertz CT molecular complexity index is 883. The Labute approximate surface area is 141 Å². The third-order valence-electron chi connectivity index (χ3n) is 3.87. The fourth-order valence-electron chi connectivity index (χ4n) is 2.59. The Morgan fingerprint density at radius 2 is 2.08 bits per heavy atom. The lowest BCUT2D eigenvalue weighted by Crippen LogP contribution is -2.39. The molecule has 3 aromatic rings. The molecule has 8 nitrogen and oxygen atoms in total. The smallest absolute Gasteiger partial charge is 0.417 e. The topological polar surface area (TPSA) is 96.9 Å². The summed E-state index contributed by atoms with van der Waals surface area (Å²) in [6.07, 6.45) is 4.17. The van der Waals surface area contributed by atoms with Crippen LogP contribution in [0.5, 0.6) is 0 Å². The van der Waals surface area contributed by atoms with Crippen LogP contribution in [0.15, 0.2) is 42.9 Å². The molecule has 4 rings (SSSR count). The van der Waals surface area contributed by atoms with Crippen LogP contribution in [0.4, 0.5) is 15.1 Å². The van der Waals surface area contributed by atoms with E-state index in [1.54, 1.807) is 30.6 Å². The predicted molar refractivity (Wildman–Crippen MR) is 85.0 cm³/mol. The lowest BCUT2D eigenvalue weighted by atomic mass is 10.1. The van der Waals surface area contributed by atoms with Crippen molar-refractivity contribution >= 4 is 12.0 Å². The molecule has 1 N–H and O–H groups in total. The standard InChI is InChI=1S/C16H13FN6O2/c17-13-2-1-11(9-19-13)12-5-8-23(16(24)25-12)15-20-14(21-22-15)10-3-6-18-7-4-10/h1-4,6-7,9,12H,5,8H2,(H,20,21,22). The van der Waals surface area contributed by atoms with E-state index in [0.29, 0.717) is 24.4 Å². The Morgan fingerprint density at radius 1 is 1.24 bits per heavy atom. The van der Waals surface area contributed by atoms with Crippen molar-refractivity contribution < 1.29 is 13.9 Å². The second-order valence-electron chi connectivity index (χ2n) is 5.45. The molecule has 3 aromatic heterocycles. The molecule has 1 atom stereocenters. The van der Waals surface area contributed by atoms with Crippen molar-refractivity contribution in [2.24, 2.45) is 0 Å². The number of pyridine rings is 2. The third-order valence-corrected chi connectivity index (χ3v) is 3.87. The molecule has 1 aliphatic heterocycles. The van der Waals surface area contributed by atoms with Crippen LogP contribution < -0.4 is 4.90 Å². The maximum absolute atomic E-state index is 12.9. The van der Waals surface area contributed by atoms with Gasteiger partial charge in [0.1, 0.15) is 6.10 Å². The molecule has 0 bridgehead atoms. The lowest BCUT2D eigenvalue weighted by Gasteiger charge is -2.29. The van der Waals surface area contributed by atoms with Gasteiger partial charge >= 0.3 is 6.09 Å². The number of carbonyl (C=O) groups is 1. The van der Waals surface area contributed by atoms with Gasteiger partial charge in [0, 0.05) is 42.7 Å². The number of hydrogen-bond donors (Lipinski definition) is 1. The van der Waals surface area contributed by atoms with Crippen molar-refractivity contribution in [1.82, 2.24) is 25.1 Å². The highest BCUT2D eigenvalue weighted by atomic mass is 19.1. The molecule has 25 heavy (non-hydrogen) atoms. The number of ether oxygens (including phenoxy) is 1. The molecule has 1 amide bonds. The number of anilines is 1. The second kappa shape index (κ2) is 6.27. The van der Waals surface area contributed by atoms with Crippen LogP contribution >= 0.6 is 0 Å². The van der Waals surface area contributed by atoms with E-state index in [-0.39, 0.29) is 5.95 Å². The minimum Gasteiger partial charge on any atom is -0.441 e. The van der Waals surface area contributed by atoms with Gasteiger partial charge < -0.3 is 4.74 Å². The van der Waals surface area contributed by atoms with Crippen LogP contribution in [-0.2, 0) is 4.74 Å². The number of hydrogen-bond acceptors (Lipinski definition) is 6. The molecule has 0 aromatic carbocycles. The Morgan fingerprint density at radius 3 is 2.80 bits per heavy atom. The van der Waals surface area contributed by atoms with E-state index in [1.165, 1.54) is 17.2 Å². The molecule has 4 heterocycles. The summed E-state index contributed by atoms with van der Waals surface area (Å²) >= 11 is 0. The van der Waals surface area contributed by atoms with E-state index >= 15 is 0 Å². The monoisotopic (exact) mass is 340 g/mol. The summed E-state index contributed by atoms with van der Waals surface area (Å²) in [6, 6.07) is 6.38. The van der Waals surface area contributed by atoms with Crippen LogP contribution in [0.25, 0.3) is 11.4 Å². The first-order chi connectivity index (χ1) is 12.2. The van der Waals surface area contributed by atoms with Gasteiger partial charge in [-0.25, -0.2) is 14.7 Å². The fraction of sp³-hybridized carbons (Fsp3) is 0.188. The number of nitrogens with one attached hydrogen (secondary N) is 1. The predicted octanol–water partition coefficient (Wildman–Crippen LogP) is 2.49. The second-order valence-corrected chi connectivity index (χ2v) is 5.45. The molecule has 0 radical (unpaired) electrons. The molecular weight excluding hydrogens is 327 g/mol. The van der Waals surface area contributed by atoms with Crippen molar-refractivity contribution in [2.75, 3.05) is 11.4 Å². The van der Waals surface area contributed by atoms with Crippen molar-refractivity contribution in [1.29, 1.82) is 0 Å². The normalized spacial score (nSPS) is 17.4. The molecule has 1 fully saturated rings. The molecule has 126 valence electrons. The van der Waals surface area contributed by atoms with Crippen LogP contribution in [0.2, 0.25) is 0 Å². The summed E-state index contributed by atoms with van der Waals surface area (Å²) in [5.74, 6) is 0.208. The number of cyclic esters (lactones) is 1. The summed E-state index contributed by atoms with van der Waals surface area (Å²) in [5, 5.41) is 6.88. The van der Waals surface area contributed by atoms with Gasteiger partial charge in [-0.3, -0.25) is 10.1 Å². The number of rotatable bonds is 3. The molecule has 0 spiro atoms. The third kappa shape index (κ3) is 3.03. The largest absolute Gasteiger partial charge is 0.441 e. The summed E-state index contributed by atoms with van der Waals surface area (Å²) in [4.78, 5) is 25.5. The number of H-pyrrole nitrogens is 1. The van der Waals surface area contributed by atoms with E-state index in [4.69, 9.17) is 4.74 Å². The number of aromatic nitrogens is 5. The highest BCUT2D eigenvalue weighted by Gasteiger charge is 2.31. The van der Waals surface area contributed by atoms with Crippen molar-refractivity contribution in [3.8, 4) is 11.4 Å². The first-order valence-corrected chi connectivity index (χ1v) is 7.63. The summed E-state index contributed by atoms with van der Waals surface area (Å²) < 4.78 is 18.3. The summed E-state index contributed by atoms with van der Waals surface area (Å²) in [6.45, 7) is 0.383. The zero-order valence-corrected chi connectivity index (χ0v) is 13.0. The van der Waals surface area contributed by atoms with Crippen LogP contribution in [0, 0.1) is 5.95 Å². The average molecular weight is 340 g/mol. The Balaban J connectivity index is 1.49. The number of aromatic amines is 1. The van der Waals surface area contributed by atoms with Crippen molar-refractivity contribution in [3.05, 3.63) is 54.4 Å². The van der Waals surface area contributed by atoms with E-state index in [0.717, 1.165) is 5.56 Å². The number of carbonyl (C=O) groups excluding carboxylic acids is 1. The van der Waals surface area contributed by atoms with E-state index in [9.17, 15) is 9.18 Å². The maximum Gasteiger partial charge on any atom is 0.417 e. The molecule has 0 saturated carbocycles. The molecule has 1 saturated heterocycles. The molecule has 1 aliphatic rings. The van der Waals surface area contributed by atoms with E-state index in [2.05, 4.69) is 25.1 Å². The number of nitrogens with zero attached hydrogens (tertiary/aromatic N) is 5. The fourth-order valence-corrected chi connectivity index (χ4v) is 2.59. The van der Waals surface area contributed by atoms with Gasteiger partial charge in [0.05, 0.1) is 0 Å². The zero-order valence-electron chi connectivity index (χ0n) is 13.0. The number of halogens is 1. The minimum atomic E-state index is -0.572. The molecule has 1 unspecified atom stereocenters. The SMILES string of the molecule is O=C1OC(c2ccc(F)nc2)CCN1c1n[nH]c(-c2ccncc2)n1.